The van der Waals surface area contributed by atoms with Gasteiger partial charge in [0.1, 0.15) is 6.54 Å². The van der Waals surface area contributed by atoms with Crippen LogP contribution in [0.5, 0.6) is 0 Å². The first-order valence-corrected chi connectivity index (χ1v) is 9.34. The minimum atomic E-state index is -0.520. The van der Waals surface area contributed by atoms with Crippen molar-refractivity contribution in [1.29, 1.82) is 0 Å². The molecule has 5 nitrogen and oxygen atoms in total. The van der Waals surface area contributed by atoms with Crippen molar-refractivity contribution < 1.29 is 9.21 Å². The van der Waals surface area contributed by atoms with Gasteiger partial charge in [-0.25, -0.2) is 4.79 Å². The molecule has 3 rings (SSSR count). The van der Waals surface area contributed by atoms with Crippen molar-refractivity contribution >= 4 is 17.0 Å². The highest BCUT2D eigenvalue weighted by Gasteiger charge is 2.20. The molecule has 0 saturated heterocycles. The van der Waals surface area contributed by atoms with E-state index in [4.69, 9.17) is 4.42 Å². The van der Waals surface area contributed by atoms with Gasteiger partial charge in [-0.1, -0.05) is 64.1 Å². The van der Waals surface area contributed by atoms with Gasteiger partial charge in [0.2, 0.25) is 5.91 Å². The molecule has 0 unspecified atom stereocenters. The Kier molecular flexibility index (Phi) is 5.49. The summed E-state index contributed by atoms with van der Waals surface area (Å²) in [7, 11) is 0. The Morgan fingerprint density at radius 2 is 1.63 bits per heavy atom. The second kappa shape index (κ2) is 7.82. The standard InChI is InChI=1S/C22H26N2O3/c1-14(2)16-9-11-17(12-10-16)21(15(3)4)23-20(25)13-24-18-7-5-6-8-19(18)27-22(24)26/h5-12,14-15,21H,13H2,1-4H3,(H,23,25)/t21-/m0/s1. The maximum absolute atomic E-state index is 12.7. The highest BCUT2D eigenvalue weighted by atomic mass is 16.4. The van der Waals surface area contributed by atoms with Crippen molar-refractivity contribution in [2.75, 3.05) is 0 Å². The lowest BCUT2D eigenvalue weighted by molar-refractivity contribution is -0.122. The molecule has 2 aromatic carbocycles. The Hall–Kier alpha value is -2.82. The molecular weight excluding hydrogens is 340 g/mol. The largest absolute Gasteiger partial charge is 0.420 e. The summed E-state index contributed by atoms with van der Waals surface area (Å²) in [4.78, 5) is 24.7. The lowest BCUT2D eigenvalue weighted by atomic mass is 9.93. The SMILES string of the molecule is CC(C)c1ccc([C@@H](NC(=O)Cn2c(=O)oc3ccccc32)C(C)C)cc1. The van der Waals surface area contributed by atoms with E-state index in [0.717, 1.165) is 5.56 Å². The summed E-state index contributed by atoms with van der Waals surface area (Å²) >= 11 is 0. The number of nitrogens with zero attached hydrogens (tertiary/aromatic N) is 1. The van der Waals surface area contributed by atoms with E-state index in [-0.39, 0.29) is 24.4 Å². The maximum Gasteiger partial charge on any atom is 0.420 e. The number of oxazole rings is 1. The van der Waals surface area contributed by atoms with Crippen molar-refractivity contribution in [1.82, 2.24) is 9.88 Å². The zero-order valence-corrected chi connectivity index (χ0v) is 16.2. The van der Waals surface area contributed by atoms with Crippen LogP contribution in [-0.4, -0.2) is 10.5 Å². The molecule has 3 aromatic rings. The lowest BCUT2D eigenvalue weighted by Crippen LogP contribution is -2.35. The molecule has 0 spiro atoms. The van der Waals surface area contributed by atoms with Crippen LogP contribution in [0.1, 0.15) is 50.8 Å². The predicted molar refractivity (Wildman–Crippen MR) is 107 cm³/mol. The van der Waals surface area contributed by atoms with E-state index in [1.54, 1.807) is 18.2 Å². The molecule has 0 bridgehead atoms. The van der Waals surface area contributed by atoms with Gasteiger partial charge in [0.25, 0.3) is 0 Å². The van der Waals surface area contributed by atoms with Crippen LogP contribution in [0.4, 0.5) is 0 Å². The molecule has 0 fully saturated rings. The average Bonchev–Trinajstić information content (AvgIpc) is 2.95. The molecule has 1 aromatic heterocycles. The average molecular weight is 366 g/mol. The summed E-state index contributed by atoms with van der Waals surface area (Å²) in [6, 6.07) is 15.3. The summed E-state index contributed by atoms with van der Waals surface area (Å²) in [5, 5.41) is 3.07. The van der Waals surface area contributed by atoms with Crippen molar-refractivity contribution in [2.45, 2.75) is 46.2 Å². The highest BCUT2D eigenvalue weighted by molar-refractivity contribution is 5.79. The quantitative estimate of drug-likeness (QED) is 0.710. The van der Waals surface area contributed by atoms with Gasteiger partial charge in [0, 0.05) is 0 Å². The molecule has 0 aliphatic carbocycles. The third-order valence-electron chi connectivity index (χ3n) is 4.82. The lowest BCUT2D eigenvalue weighted by Gasteiger charge is -2.23. The van der Waals surface area contributed by atoms with Crippen molar-refractivity contribution in [3.63, 3.8) is 0 Å². The summed E-state index contributed by atoms with van der Waals surface area (Å²) in [5.74, 6) is -0.0481. The molecule has 1 N–H and O–H groups in total. The number of hydrogen-bond acceptors (Lipinski definition) is 3. The number of carbonyl (C=O) groups is 1. The Morgan fingerprint density at radius 3 is 2.26 bits per heavy atom. The molecular formula is C22H26N2O3. The van der Waals surface area contributed by atoms with Gasteiger partial charge in [-0.2, -0.15) is 0 Å². The number of hydrogen-bond donors (Lipinski definition) is 1. The van der Waals surface area contributed by atoms with Crippen LogP contribution in [0.3, 0.4) is 0 Å². The third-order valence-corrected chi connectivity index (χ3v) is 4.82. The molecule has 0 saturated carbocycles. The van der Waals surface area contributed by atoms with Crippen LogP contribution in [-0.2, 0) is 11.3 Å². The van der Waals surface area contributed by atoms with Crippen molar-refractivity contribution in [2.24, 2.45) is 5.92 Å². The molecule has 1 heterocycles. The number of para-hydroxylation sites is 2. The monoisotopic (exact) mass is 366 g/mol. The van der Waals surface area contributed by atoms with Gasteiger partial charge in [-0.05, 0) is 35.1 Å². The summed E-state index contributed by atoms with van der Waals surface area (Å²) in [6.45, 7) is 8.39. The minimum Gasteiger partial charge on any atom is -0.408 e. The zero-order valence-electron chi connectivity index (χ0n) is 16.2. The molecule has 0 aliphatic rings. The van der Waals surface area contributed by atoms with Crippen LogP contribution in [0.15, 0.2) is 57.7 Å². The Balaban J connectivity index is 1.79. The number of carbonyl (C=O) groups excluding carboxylic acids is 1. The summed E-state index contributed by atoms with van der Waals surface area (Å²) < 4.78 is 6.56. The first-order chi connectivity index (χ1) is 12.9. The molecule has 1 atom stereocenters. The van der Waals surface area contributed by atoms with E-state index in [1.807, 2.05) is 6.07 Å². The number of rotatable bonds is 6. The second-order valence-corrected chi connectivity index (χ2v) is 7.53. The fourth-order valence-corrected chi connectivity index (χ4v) is 3.25. The Labute approximate surface area is 159 Å². The van der Waals surface area contributed by atoms with E-state index < -0.39 is 5.76 Å². The second-order valence-electron chi connectivity index (χ2n) is 7.53. The fourth-order valence-electron chi connectivity index (χ4n) is 3.25. The van der Waals surface area contributed by atoms with Crippen LogP contribution < -0.4 is 11.1 Å². The molecule has 27 heavy (non-hydrogen) atoms. The van der Waals surface area contributed by atoms with Gasteiger partial charge in [0.15, 0.2) is 5.58 Å². The topological polar surface area (TPSA) is 64.2 Å². The van der Waals surface area contributed by atoms with Gasteiger partial charge in [-0.3, -0.25) is 9.36 Å². The summed E-state index contributed by atoms with van der Waals surface area (Å²) in [5.41, 5.74) is 3.44. The molecule has 5 heteroatoms. The zero-order chi connectivity index (χ0) is 19.6. The number of amides is 1. The van der Waals surface area contributed by atoms with Crippen LogP contribution in [0.25, 0.3) is 11.1 Å². The van der Waals surface area contributed by atoms with E-state index in [1.165, 1.54) is 10.1 Å². The van der Waals surface area contributed by atoms with Crippen molar-refractivity contribution in [3.8, 4) is 0 Å². The van der Waals surface area contributed by atoms with E-state index >= 15 is 0 Å². The van der Waals surface area contributed by atoms with Crippen LogP contribution >= 0.6 is 0 Å². The Bertz CT molecular complexity index is 981. The van der Waals surface area contributed by atoms with Crippen molar-refractivity contribution in [3.05, 3.63) is 70.2 Å². The first kappa shape index (κ1) is 19.0. The Morgan fingerprint density at radius 1 is 1.00 bits per heavy atom. The minimum absolute atomic E-state index is 0.0663. The van der Waals surface area contributed by atoms with Crippen LogP contribution in [0.2, 0.25) is 0 Å². The first-order valence-electron chi connectivity index (χ1n) is 9.34. The molecule has 1 amide bonds. The number of fused-ring (bicyclic) bond motifs is 1. The molecule has 0 aliphatic heterocycles. The number of benzene rings is 2. The fraction of sp³-hybridized carbons (Fsp3) is 0.364. The number of aromatic nitrogens is 1. The van der Waals surface area contributed by atoms with Gasteiger partial charge < -0.3 is 9.73 Å². The number of nitrogens with one attached hydrogen (secondary N) is 1. The summed E-state index contributed by atoms with van der Waals surface area (Å²) in [6.07, 6.45) is 0. The maximum atomic E-state index is 12.7. The van der Waals surface area contributed by atoms with Gasteiger partial charge in [-0.15, -0.1) is 0 Å². The van der Waals surface area contributed by atoms with Gasteiger partial charge in [0.05, 0.1) is 11.6 Å². The van der Waals surface area contributed by atoms with Crippen LogP contribution in [0, 0.1) is 5.92 Å². The van der Waals surface area contributed by atoms with Gasteiger partial charge >= 0.3 is 5.76 Å². The predicted octanol–water partition coefficient (Wildman–Crippen LogP) is 4.23. The molecule has 0 radical (unpaired) electrons. The molecule has 142 valence electrons. The smallest absolute Gasteiger partial charge is 0.408 e. The highest BCUT2D eigenvalue weighted by Crippen LogP contribution is 2.24. The van der Waals surface area contributed by atoms with E-state index in [2.05, 4.69) is 57.3 Å². The van der Waals surface area contributed by atoms with E-state index in [0.29, 0.717) is 17.0 Å². The third kappa shape index (κ3) is 4.13. The van der Waals surface area contributed by atoms with E-state index in [9.17, 15) is 9.59 Å². The normalized spacial score (nSPS) is 12.7.